The highest BCUT2D eigenvalue weighted by atomic mass is 35.5. The first-order valence-electron chi connectivity index (χ1n) is 6.72. The third-order valence-corrected chi connectivity index (χ3v) is 3.61. The molecule has 3 rings (SSSR count). The fraction of sp³-hybridized carbons (Fsp3) is 0.267. The van der Waals surface area contributed by atoms with Crippen molar-refractivity contribution in [3.63, 3.8) is 0 Å². The second-order valence-electron chi connectivity index (χ2n) is 5.13. The van der Waals surface area contributed by atoms with Gasteiger partial charge in [0.15, 0.2) is 0 Å². The molecule has 0 radical (unpaired) electrons. The van der Waals surface area contributed by atoms with Gasteiger partial charge in [-0.15, -0.1) is 0 Å². The maximum Gasteiger partial charge on any atom is 0.239 e. The zero-order valence-corrected chi connectivity index (χ0v) is 12.8. The number of benzene rings is 1. The van der Waals surface area contributed by atoms with Crippen LogP contribution in [-0.4, -0.2) is 11.6 Å². The molecular weight excluding hydrogens is 309 g/mol. The number of aromatic nitrogens is 1. The Kier molecular flexibility index (Phi) is 4.08. The fourth-order valence-corrected chi connectivity index (χ4v) is 2.42. The van der Waals surface area contributed by atoms with Crippen LogP contribution in [0.15, 0.2) is 30.3 Å². The minimum Gasteiger partial charge on any atom is -0.476 e. The zero-order valence-electron chi connectivity index (χ0n) is 11.3. The molecule has 1 aromatic carbocycles. The van der Waals surface area contributed by atoms with Gasteiger partial charge in [-0.05, 0) is 49.1 Å². The van der Waals surface area contributed by atoms with Crippen molar-refractivity contribution < 1.29 is 4.74 Å². The molecule has 4 nitrogen and oxygen atoms in total. The quantitative estimate of drug-likeness (QED) is 0.850. The molecule has 0 spiro atoms. The van der Waals surface area contributed by atoms with Crippen molar-refractivity contribution in [3.8, 4) is 5.88 Å². The molecule has 0 unspecified atom stereocenters. The summed E-state index contributed by atoms with van der Waals surface area (Å²) >= 11 is 11.9. The Morgan fingerprint density at radius 3 is 2.57 bits per heavy atom. The molecule has 1 saturated carbocycles. The van der Waals surface area contributed by atoms with Crippen LogP contribution in [0.2, 0.25) is 10.0 Å². The van der Waals surface area contributed by atoms with Crippen molar-refractivity contribution in [2.45, 2.75) is 12.8 Å². The fourth-order valence-electron chi connectivity index (χ4n) is 1.89. The van der Waals surface area contributed by atoms with E-state index in [1.165, 1.54) is 12.8 Å². The van der Waals surface area contributed by atoms with Crippen molar-refractivity contribution >= 4 is 40.4 Å². The van der Waals surface area contributed by atoms with Crippen LogP contribution >= 0.6 is 23.2 Å². The van der Waals surface area contributed by atoms with Gasteiger partial charge in [0.1, 0.15) is 5.82 Å². The minimum absolute atomic E-state index is 0.458. The Hall–Kier alpha value is -1.65. The van der Waals surface area contributed by atoms with Crippen LogP contribution < -0.4 is 15.8 Å². The van der Waals surface area contributed by atoms with Crippen LogP contribution in [0.5, 0.6) is 5.88 Å². The van der Waals surface area contributed by atoms with Gasteiger partial charge < -0.3 is 15.8 Å². The van der Waals surface area contributed by atoms with E-state index in [1.54, 1.807) is 30.3 Å². The minimum atomic E-state index is 0.458. The topological polar surface area (TPSA) is 60.2 Å². The summed E-state index contributed by atoms with van der Waals surface area (Å²) in [6, 6.07) is 8.78. The van der Waals surface area contributed by atoms with E-state index in [4.69, 9.17) is 33.7 Å². The van der Waals surface area contributed by atoms with E-state index >= 15 is 0 Å². The Balaban J connectivity index is 1.76. The second kappa shape index (κ2) is 6.00. The van der Waals surface area contributed by atoms with Crippen LogP contribution in [0.25, 0.3) is 0 Å². The van der Waals surface area contributed by atoms with E-state index in [0.717, 1.165) is 5.69 Å². The van der Waals surface area contributed by atoms with Gasteiger partial charge in [0.05, 0.1) is 12.3 Å². The summed E-state index contributed by atoms with van der Waals surface area (Å²) in [6.07, 6.45) is 2.44. The van der Waals surface area contributed by atoms with Crippen molar-refractivity contribution in [2.75, 3.05) is 17.7 Å². The lowest BCUT2D eigenvalue weighted by Gasteiger charge is -2.11. The van der Waals surface area contributed by atoms with Gasteiger partial charge in [0.25, 0.3) is 0 Å². The molecule has 0 amide bonds. The predicted molar refractivity (Wildman–Crippen MR) is 86.6 cm³/mol. The number of halogens is 2. The Morgan fingerprint density at radius 2 is 1.90 bits per heavy atom. The Bertz CT molecular complexity index is 639. The Morgan fingerprint density at radius 1 is 1.19 bits per heavy atom. The number of hydrogen-bond donors (Lipinski definition) is 2. The number of ether oxygens (including phenoxy) is 1. The molecule has 1 aromatic heterocycles. The normalized spacial score (nSPS) is 14.0. The lowest BCUT2D eigenvalue weighted by molar-refractivity contribution is 0.290. The monoisotopic (exact) mass is 323 g/mol. The average molecular weight is 324 g/mol. The lowest BCUT2D eigenvalue weighted by atomic mass is 10.3. The van der Waals surface area contributed by atoms with Crippen LogP contribution in [0, 0.1) is 5.92 Å². The molecule has 110 valence electrons. The van der Waals surface area contributed by atoms with E-state index in [9.17, 15) is 0 Å². The van der Waals surface area contributed by atoms with Crippen LogP contribution in [0.1, 0.15) is 12.8 Å². The maximum absolute atomic E-state index is 5.97. The van der Waals surface area contributed by atoms with E-state index < -0.39 is 0 Å². The molecule has 0 aliphatic heterocycles. The number of nitrogens with one attached hydrogen (secondary N) is 1. The first-order valence-corrected chi connectivity index (χ1v) is 7.48. The number of rotatable bonds is 5. The maximum atomic E-state index is 5.97. The standard InChI is InChI=1S/C15H15Cl2N3O/c16-10-5-11(17)7-12(6-10)19-14-4-3-13(18)15(20-14)21-8-9-1-2-9/h3-7,9H,1-2,8,18H2,(H,19,20). The van der Waals surface area contributed by atoms with Crippen LogP contribution in [0.3, 0.4) is 0 Å². The zero-order chi connectivity index (χ0) is 14.8. The van der Waals surface area contributed by atoms with Crippen LogP contribution in [0.4, 0.5) is 17.2 Å². The molecule has 3 N–H and O–H groups in total. The van der Waals surface area contributed by atoms with Gasteiger partial charge in [-0.25, -0.2) is 0 Å². The van der Waals surface area contributed by atoms with Crippen LogP contribution in [-0.2, 0) is 0 Å². The molecule has 6 heteroatoms. The van der Waals surface area contributed by atoms with E-state index in [1.807, 2.05) is 0 Å². The van der Waals surface area contributed by atoms with Gasteiger partial charge >= 0.3 is 0 Å². The molecular formula is C15H15Cl2N3O. The number of anilines is 3. The molecule has 0 saturated heterocycles. The first kappa shape index (κ1) is 14.3. The average Bonchev–Trinajstić information content (AvgIpc) is 3.22. The van der Waals surface area contributed by atoms with Crippen molar-refractivity contribution in [1.29, 1.82) is 0 Å². The highest BCUT2D eigenvalue weighted by Gasteiger charge is 2.22. The van der Waals surface area contributed by atoms with E-state index in [2.05, 4.69) is 10.3 Å². The first-order chi connectivity index (χ1) is 10.1. The third kappa shape index (κ3) is 3.93. The van der Waals surface area contributed by atoms with Gasteiger partial charge in [-0.1, -0.05) is 23.2 Å². The number of nitrogens with zero attached hydrogens (tertiary/aromatic N) is 1. The molecule has 1 heterocycles. The highest BCUT2D eigenvalue weighted by molar-refractivity contribution is 6.35. The largest absolute Gasteiger partial charge is 0.476 e. The molecule has 2 aromatic rings. The second-order valence-corrected chi connectivity index (χ2v) is 6.00. The summed E-state index contributed by atoms with van der Waals surface area (Å²) in [5, 5.41) is 4.26. The SMILES string of the molecule is Nc1ccc(Nc2cc(Cl)cc(Cl)c2)nc1OCC1CC1. The van der Waals surface area contributed by atoms with Crippen molar-refractivity contribution in [3.05, 3.63) is 40.4 Å². The summed E-state index contributed by atoms with van der Waals surface area (Å²) in [4.78, 5) is 4.38. The smallest absolute Gasteiger partial charge is 0.239 e. The lowest BCUT2D eigenvalue weighted by Crippen LogP contribution is -2.05. The van der Waals surface area contributed by atoms with Gasteiger partial charge in [-0.2, -0.15) is 4.98 Å². The summed E-state index contributed by atoms with van der Waals surface area (Å²) in [6.45, 7) is 0.670. The van der Waals surface area contributed by atoms with E-state index in [-0.39, 0.29) is 0 Å². The third-order valence-electron chi connectivity index (χ3n) is 3.18. The van der Waals surface area contributed by atoms with E-state index in [0.29, 0.717) is 40.0 Å². The summed E-state index contributed by atoms with van der Waals surface area (Å²) in [5.74, 6) is 1.74. The summed E-state index contributed by atoms with van der Waals surface area (Å²) in [7, 11) is 0. The molecule has 0 atom stereocenters. The molecule has 1 aliphatic carbocycles. The molecule has 1 fully saturated rings. The molecule has 21 heavy (non-hydrogen) atoms. The molecule has 1 aliphatic rings. The summed E-state index contributed by atoms with van der Waals surface area (Å²) in [5.41, 5.74) is 7.17. The Labute approximate surface area is 133 Å². The number of nitrogens with two attached hydrogens (primary N) is 1. The molecule has 0 bridgehead atoms. The van der Waals surface area contributed by atoms with Gasteiger partial charge in [0.2, 0.25) is 5.88 Å². The number of hydrogen-bond acceptors (Lipinski definition) is 4. The number of nitrogen functional groups attached to an aromatic ring is 1. The predicted octanol–water partition coefficient (Wildman–Crippen LogP) is 4.50. The van der Waals surface area contributed by atoms with Crippen molar-refractivity contribution in [1.82, 2.24) is 4.98 Å². The number of pyridine rings is 1. The highest BCUT2D eigenvalue weighted by Crippen LogP contribution is 2.31. The van der Waals surface area contributed by atoms with Gasteiger partial charge in [-0.3, -0.25) is 0 Å². The summed E-state index contributed by atoms with van der Waals surface area (Å²) < 4.78 is 5.66. The van der Waals surface area contributed by atoms with Crippen molar-refractivity contribution in [2.24, 2.45) is 5.92 Å². The van der Waals surface area contributed by atoms with Gasteiger partial charge in [0, 0.05) is 15.7 Å².